The summed E-state index contributed by atoms with van der Waals surface area (Å²) in [6, 6.07) is 0. The zero-order valence-corrected chi connectivity index (χ0v) is 15.1. The van der Waals surface area contributed by atoms with Crippen LogP contribution in [0.3, 0.4) is 0 Å². The molecule has 0 spiro atoms. The van der Waals surface area contributed by atoms with Crippen LogP contribution in [0.25, 0.3) is 0 Å². The minimum atomic E-state index is -0.221. The van der Waals surface area contributed by atoms with Crippen LogP contribution in [0.15, 0.2) is 4.99 Å². The maximum Gasteiger partial charge on any atom is 0.217 e. The zero-order valence-electron chi connectivity index (χ0n) is 15.1. The van der Waals surface area contributed by atoms with E-state index in [9.17, 15) is 4.79 Å². The molecule has 0 bridgehead atoms. The number of hydrogen-bond acceptors (Lipinski definition) is 4. The van der Waals surface area contributed by atoms with Crippen molar-refractivity contribution in [3.63, 3.8) is 0 Å². The lowest BCUT2D eigenvalue weighted by Crippen LogP contribution is -2.47. The molecule has 1 fully saturated rings. The Balaban J connectivity index is 1.59. The molecule has 2 aliphatic rings. The Kier molecular flexibility index (Phi) is 5.88. The van der Waals surface area contributed by atoms with Gasteiger partial charge in [-0.25, -0.2) is 0 Å². The Hall–Kier alpha value is -2.12. The topological polar surface area (TPSA) is 101 Å². The molecule has 8 nitrogen and oxygen atoms in total. The Morgan fingerprint density at radius 2 is 2.16 bits per heavy atom. The average Bonchev–Trinajstić information content (AvgIpc) is 2.82. The van der Waals surface area contributed by atoms with E-state index in [4.69, 9.17) is 5.73 Å². The maximum absolute atomic E-state index is 11.2. The lowest BCUT2D eigenvalue weighted by Gasteiger charge is -2.34. The predicted octanol–water partition coefficient (Wildman–Crippen LogP) is 0.667. The van der Waals surface area contributed by atoms with Gasteiger partial charge in [0.1, 0.15) is 5.82 Å². The number of rotatable bonds is 4. The number of carbonyl (C=O) groups excluding carboxylic acids is 1. The number of primary amides is 1. The molecule has 1 unspecified atom stereocenters. The van der Waals surface area contributed by atoms with Gasteiger partial charge in [-0.05, 0) is 31.6 Å². The largest absolute Gasteiger partial charge is 0.370 e. The molecule has 25 heavy (non-hydrogen) atoms. The summed E-state index contributed by atoms with van der Waals surface area (Å²) < 4.78 is 2.25. The number of guanidine groups is 1. The van der Waals surface area contributed by atoms with E-state index in [-0.39, 0.29) is 5.91 Å². The van der Waals surface area contributed by atoms with Crippen LogP contribution in [0.4, 0.5) is 0 Å². The van der Waals surface area contributed by atoms with Gasteiger partial charge in [0, 0.05) is 39.5 Å². The Morgan fingerprint density at radius 1 is 1.28 bits per heavy atom. The van der Waals surface area contributed by atoms with E-state index in [1.165, 1.54) is 19.3 Å². The summed E-state index contributed by atoms with van der Waals surface area (Å²) in [5.74, 6) is 3.03. The summed E-state index contributed by atoms with van der Waals surface area (Å²) in [5.41, 5.74) is 5.36. The molecule has 0 aliphatic carbocycles. The second kappa shape index (κ2) is 8.31. The molecular formula is C17H29N7O. The molecule has 0 aromatic carbocycles. The van der Waals surface area contributed by atoms with Gasteiger partial charge >= 0.3 is 0 Å². The van der Waals surface area contributed by atoms with E-state index in [1.807, 2.05) is 0 Å². The smallest absolute Gasteiger partial charge is 0.217 e. The second-order valence-electron chi connectivity index (χ2n) is 7.02. The van der Waals surface area contributed by atoms with Crippen LogP contribution in [0.2, 0.25) is 0 Å². The molecule has 3 heterocycles. The number of carbonyl (C=O) groups is 1. The van der Waals surface area contributed by atoms with Crippen LogP contribution in [-0.4, -0.2) is 51.7 Å². The molecule has 138 valence electrons. The van der Waals surface area contributed by atoms with Gasteiger partial charge in [-0.3, -0.25) is 9.79 Å². The molecule has 8 heteroatoms. The first-order chi connectivity index (χ1) is 12.2. The van der Waals surface area contributed by atoms with Gasteiger partial charge in [-0.1, -0.05) is 6.42 Å². The average molecular weight is 347 g/mol. The molecule has 2 aliphatic heterocycles. The summed E-state index contributed by atoms with van der Waals surface area (Å²) in [6.45, 7) is 3.40. The molecule has 3 rings (SSSR count). The molecule has 3 N–H and O–H groups in total. The quantitative estimate of drug-likeness (QED) is 0.616. The van der Waals surface area contributed by atoms with Crippen molar-refractivity contribution in [1.82, 2.24) is 25.0 Å². The number of piperidine rings is 1. The summed E-state index contributed by atoms with van der Waals surface area (Å²) >= 11 is 0. The van der Waals surface area contributed by atoms with Crippen molar-refractivity contribution in [2.45, 2.75) is 58.0 Å². The van der Waals surface area contributed by atoms with E-state index in [0.717, 1.165) is 56.5 Å². The highest BCUT2D eigenvalue weighted by Crippen LogP contribution is 2.19. The molecule has 1 atom stereocenters. The number of nitrogens with zero attached hydrogens (tertiary/aromatic N) is 5. The normalized spacial score (nSPS) is 21.6. The molecule has 1 aromatic rings. The van der Waals surface area contributed by atoms with Gasteiger partial charge in [0.25, 0.3) is 0 Å². The number of nitrogens with one attached hydrogen (secondary N) is 1. The van der Waals surface area contributed by atoms with Gasteiger partial charge in [-0.15, -0.1) is 10.2 Å². The van der Waals surface area contributed by atoms with E-state index in [0.29, 0.717) is 18.9 Å². The van der Waals surface area contributed by atoms with Gasteiger partial charge in [-0.2, -0.15) is 0 Å². The third-order valence-electron chi connectivity index (χ3n) is 5.11. The second-order valence-corrected chi connectivity index (χ2v) is 7.02. The van der Waals surface area contributed by atoms with Crippen LogP contribution < -0.4 is 11.1 Å². The van der Waals surface area contributed by atoms with Gasteiger partial charge in [0.05, 0.1) is 6.54 Å². The Labute approximate surface area is 148 Å². The van der Waals surface area contributed by atoms with Gasteiger partial charge in [0.15, 0.2) is 11.8 Å². The van der Waals surface area contributed by atoms with Crippen molar-refractivity contribution in [3.8, 4) is 0 Å². The number of likely N-dealkylation sites (tertiary alicyclic amines) is 1. The lowest BCUT2D eigenvalue weighted by molar-refractivity contribution is -0.119. The van der Waals surface area contributed by atoms with E-state index < -0.39 is 0 Å². The third kappa shape index (κ3) is 4.49. The highest BCUT2D eigenvalue weighted by atomic mass is 16.1. The third-order valence-corrected chi connectivity index (χ3v) is 5.11. The summed E-state index contributed by atoms with van der Waals surface area (Å²) in [5, 5.41) is 12.1. The highest BCUT2D eigenvalue weighted by Gasteiger charge is 2.24. The lowest BCUT2D eigenvalue weighted by atomic mass is 9.95. The Morgan fingerprint density at radius 3 is 2.96 bits per heavy atom. The fraction of sp³-hybridized carbons (Fsp3) is 0.765. The summed E-state index contributed by atoms with van der Waals surface area (Å²) in [4.78, 5) is 17.8. The summed E-state index contributed by atoms with van der Waals surface area (Å²) in [7, 11) is 1.80. The van der Waals surface area contributed by atoms with Crippen molar-refractivity contribution in [2.75, 3.05) is 20.1 Å². The number of aliphatic imine (C=N–C) groups is 1. The zero-order chi connectivity index (χ0) is 17.6. The van der Waals surface area contributed by atoms with Crippen LogP contribution in [0, 0.1) is 5.92 Å². The minimum Gasteiger partial charge on any atom is -0.370 e. The first-order valence-electron chi connectivity index (χ1n) is 9.32. The SMILES string of the molecule is CN=C(NCc1nnc2n1CCCCC2)N1CCCC(CC(N)=O)C1. The molecule has 1 saturated heterocycles. The number of nitrogens with two attached hydrogens (primary N) is 1. The number of amides is 1. The molecule has 1 amide bonds. The van der Waals surface area contributed by atoms with Crippen molar-refractivity contribution >= 4 is 11.9 Å². The summed E-state index contributed by atoms with van der Waals surface area (Å²) in [6.07, 6.45) is 7.21. The van der Waals surface area contributed by atoms with Crippen LogP contribution >= 0.6 is 0 Å². The van der Waals surface area contributed by atoms with E-state index in [1.54, 1.807) is 7.05 Å². The van der Waals surface area contributed by atoms with Gasteiger partial charge < -0.3 is 20.5 Å². The van der Waals surface area contributed by atoms with Crippen molar-refractivity contribution in [1.29, 1.82) is 0 Å². The van der Waals surface area contributed by atoms with Crippen LogP contribution in [0.5, 0.6) is 0 Å². The van der Waals surface area contributed by atoms with E-state index in [2.05, 4.69) is 30.0 Å². The highest BCUT2D eigenvalue weighted by molar-refractivity contribution is 5.80. The fourth-order valence-electron chi connectivity index (χ4n) is 3.88. The van der Waals surface area contributed by atoms with Crippen LogP contribution in [-0.2, 0) is 24.3 Å². The molecule has 1 aromatic heterocycles. The van der Waals surface area contributed by atoms with Crippen molar-refractivity contribution < 1.29 is 4.79 Å². The molecule has 0 saturated carbocycles. The number of aromatic nitrogens is 3. The monoisotopic (exact) mass is 347 g/mol. The number of hydrogen-bond donors (Lipinski definition) is 2. The number of aryl methyl sites for hydroxylation is 1. The Bertz CT molecular complexity index is 625. The molecular weight excluding hydrogens is 318 g/mol. The predicted molar refractivity (Wildman–Crippen MR) is 95.9 cm³/mol. The van der Waals surface area contributed by atoms with Crippen LogP contribution in [0.1, 0.15) is 50.2 Å². The minimum absolute atomic E-state index is 0.221. The van der Waals surface area contributed by atoms with Crippen molar-refractivity contribution in [3.05, 3.63) is 11.6 Å². The number of fused-ring (bicyclic) bond motifs is 1. The first-order valence-corrected chi connectivity index (χ1v) is 9.32. The maximum atomic E-state index is 11.2. The van der Waals surface area contributed by atoms with Gasteiger partial charge in [0.2, 0.25) is 5.91 Å². The van der Waals surface area contributed by atoms with E-state index >= 15 is 0 Å². The fourth-order valence-corrected chi connectivity index (χ4v) is 3.88. The van der Waals surface area contributed by atoms with Crippen molar-refractivity contribution in [2.24, 2.45) is 16.6 Å². The molecule has 0 radical (unpaired) electrons. The first kappa shape index (κ1) is 17.7. The standard InChI is InChI=1S/C17H29N7O/c1-19-17(23-8-5-6-13(12-23)10-14(18)25)20-11-16-22-21-15-7-3-2-4-9-24(15)16/h13H,2-12H2,1H3,(H2,18,25)(H,19,20).